The standard InChI is InChI=1S/C15H14Cl3NS/c16-11-6-5-10(14(18)8-11)7-12(19)9-20-15-4-2-1-3-13(15)17/h1-6,8,12H,7,9,19H2. The summed E-state index contributed by atoms with van der Waals surface area (Å²) < 4.78 is 0. The summed E-state index contributed by atoms with van der Waals surface area (Å²) in [5, 5.41) is 2.06. The highest BCUT2D eigenvalue weighted by molar-refractivity contribution is 7.99. The van der Waals surface area contributed by atoms with Gasteiger partial charge in [0.2, 0.25) is 0 Å². The molecule has 0 amide bonds. The maximum atomic E-state index is 6.16. The van der Waals surface area contributed by atoms with Crippen molar-refractivity contribution in [3.63, 3.8) is 0 Å². The third-order valence-corrected chi connectivity index (χ3v) is 5.08. The number of benzene rings is 2. The van der Waals surface area contributed by atoms with E-state index in [0.717, 1.165) is 21.2 Å². The van der Waals surface area contributed by atoms with Crippen LogP contribution >= 0.6 is 46.6 Å². The monoisotopic (exact) mass is 345 g/mol. The lowest BCUT2D eigenvalue weighted by molar-refractivity contribution is 0.749. The Morgan fingerprint density at radius 2 is 1.75 bits per heavy atom. The molecule has 0 aromatic heterocycles. The van der Waals surface area contributed by atoms with Crippen LogP contribution in [0.2, 0.25) is 15.1 Å². The molecular formula is C15H14Cl3NS. The Morgan fingerprint density at radius 3 is 2.45 bits per heavy atom. The van der Waals surface area contributed by atoms with E-state index in [9.17, 15) is 0 Å². The molecule has 1 unspecified atom stereocenters. The van der Waals surface area contributed by atoms with Crippen molar-refractivity contribution in [3.05, 3.63) is 63.1 Å². The molecule has 1 nitrogen and oxygen atoms in total. The molecule has 5 heteroatoms. The molecular weight excluding hydrogens is 333 g/mol. The summed E-state index contributed by atoms with van der Waals surface area (Å²) in [6.07, 6.45) is 0.716. The van der Waals surface area contributed by atoms with E-state index >= 15 is 0 Å². The van der Waals surface area contributed by atoms with Gasteiger partial charge in [-0.2, -0.15) is 0 Å². The molecule has 0 aliphatic rings. The topological polar surface area (TPSA) is 26.0 Å². The van der Waals surface area contributed by atoms with Crippen LogP contribution in [-0.2, 0) is 6.42 Å². The van der Waals surface area contributed by atoms with Crippen molar-refractivity contribution in [1.29, 1.82) is 0 Å². The lowest BCUT2D eigenvalue weighted by atomic mass is 10.1. The van der Waals surface area contributed by atoms with Gasteiger partial charge in [0.05, 0.1) is 5.02 Å². The average Bonchev–Trinajstić information content (AvgIpc) is 2.41. The summed E-state index contributed by atoms with van der Waals surface area (Å²) in [4.78, 5) is 1.05. The van der Waals surface area contributed by atoms with Crippen LogP contribution in [0.5, 0.6) is 0 Å². The molecule has 2 aromatic carbocycles. The van der Waals surface area contributed by atoms with Crippen LogP contribution in [0.1, 0.15) is 5.56 Å². The van der Waals surface area contributed by atoms with Crippen LogP contribution < -0.4 is 5.73 Å². The van der Waals surface area contributed by atoms with Crippen molar-refractivity contribution in [1.82, 2.24) is 0 Å². The zero-order chi connectivity index (χ0) is 14.5. The highest BCUT2D eigenvalue weighted by atomic mass is 35.5. The Morgan fingerprint density at radius 1 is 1.00 bits per heavy atom. The Hall–Kier alpha value is -0.380. The van der Waals surface area contributed by atoms with E-state index < -0.39 is 0 Å². The van der Waals surface area contributed by atoms with Gasteiger partial charge >= 0.3 is 0 Å². The Bertz CT molecular complexity index is 589. The van der Waals surface area contributed by atoms with E-state index in [1.807, 2.05) is 36.4 Å². The van der Waals surface area contributed by atoms with Gasteiger partial charge in [-0.05, 0) is 36.2 Å². The van der Waals surface area contributed by atoms with Crippen molar-refractivity contribution >= 4 is 46.6 Å². The zero-order valence-electron chi connectivity index (χ0n) is 10.7. The number of halogens is 3. The highest BCUT2D eigenvalue weighted by Gasteiger charge is 2.09. The maximum Gasteiger partial charge on any atom is 0.0541 e. The molecule has 0 heterocycles. The van der Waals surface area contributed by atoms with Crippen molar-refractivity contribution in [3.8, 4) is 0 Å². The first-order valence-corrected chi connectivity index (χ1v) is 8.25. The van der Waals surface area contributed by atoms with Gasteiger partial charge in [0, 0.05) is 26.7 Å². The summed E-state index contributed by atoms with van der Waals surface area (Å²) in [5.41, 5.74) is 7.17. The maximum absolute atomic E-state index is 6.16. The number of nitrogens with two attached hydrogens (primary N) is 1. The average molecular weight is 347 g/mol. The van der Waals surface area contributed by atoms with E-state index in [0.29, 0.717) is 16.5 Å². The summed E-state index contributed by atoms with van der Waals surface area (Å²) in [6, 6.07) is 13.3. The van der Waals surface area contributed by atoms with E-state index in [4.69, 9.17) is 40.5 Å². The molecule has 2 aromatic rings. The van der Waals surface area contributed by atoms with Gasteiger partial charge in [0.25, 0.3) is 0 Å². The third kappa shape index (κ3) is 4.57. The van der Waals surface area contributed by atoms with E-state index in [1.165, 1.54) is 0 Å². The molecule has 0 saturated carbocycles. The summed E-state index contributed by atoms with van der Waals surface area (Å²) in [5.74, 6) is 0.780. The molecule has 20 heavy (non-hydrogen) atoms. The predicted octanol–water partition coefficient (Wildman–Crippen LogP) is 5.31. The van der Waals surface area contributed by atoms with Crippen LogP contribution in [0, 0.1) is 0 Å². The first kappa shape index (κ1) is 16.0. The van der Waals surface area contributed by atoms with Crippen LogP contribution in [0.4, 0.5) is 0 Å². The molecule has 0 aliphatic carbocycles. The highest BCUT2D eigenvalue weighted by Crippen LogP contribution is 2.28. The van der Waals surface area contributed by atoms with Crippen LogP contribution in [0.3, 0.4) is 0 Å². The molecule has 0 radical (unpaired) electrons. The second-order valence-electron chi connectivity index (χ2n) is 4.44. The second kappa shape index (κ2) is 7.58. The largest absolute Gasteiger partial charge is 0.327 e. The fraction of sp³-hybridized carbons (Fsp3) is 0.200. The van der Waals surface area contributed by atoms with Gasteiger partial charge in [-0.3, -0.25) is 0 Å². The van der Waals surface area contributed by atoms with E-state index in [-0.39, 0.29) is 6.04 Å². The van der Waals surface area contributed by atoms with Crippen molar-refractivity contribution in [2.75, 3.05) is 5.75 Å². The second-order valence-corrected chi connectivity index (χ2v) is 6.75. The lowest BCUT2D eigenvalue weighted by Crippen LogP contribution is -2.25. The third-order valence-electron chi connectivity index (χ3n) is 2.79. The number of thioether (sulfide) groups is 1. The molecule has 0 saturated heterocycles. The van der Waals surface area contributed by atoms with Gasteiger partial charge in [0.1, 0.15) is 0 Å². The van der Waals surface area contributed by atoms with Crippen molar-refractivity contribution < 1.29 is 0 Å². The minimum absolute atomic E-state index is 0.00921. The summed E-state index contributed by atoms with van der Waals surface area (Å²) in [7, 11) is 0. The fourth-order valence-corrected chi connectivity index (χ4v) is 3.46. The Labute approximate surface area is 138 Å². The van der Waals surface area contributed by atoms with Crippen LogP contribution in [0.15, 0.2) is 47.4 Å². The van der Waals surface area contributed by atoms with Gasteiger partial charge < -0.3 is 5.73 Å². The first-order valence-electron chi connectivity index (χ1n) is 6.13. The Kier molecular flexibility index (Phi) is 6.06. The van der Waals surface area contributed by atoms with Crippen molar-refractivity contribution in [2.45, 2.75) is 17.4 Å². The van der Waals surface area contributed by atoms with Gasteiger partial charge in [-0.1, -0.05) is 53.0 Å². The Balaban J connectivity index is 1.92. The summed E-state index contributed by atoms with van der Waals surface area (Å²) in [6.45, 7) is 0. The number of hydrogen-bond donors (Lipinski definition) is 1. The minimum Gasteiger partial charge on any atom is -0.327 e. The number of rotatable bonds is 5. The normalized spacial score (nSPS) is 12.4. The molecule has 0 bridgehead atoms. The zero-order valence-corrected chi connectivity index (χ0v) is 13.7. The lowest BCUT2D eigenvalue weighted by Gasteiger charge is -2.13. The molecule has 0 aliphatic heterocycles. The quantitative estimate of drug-likeness (QED) is 0.743. The molecule has 106 valence electrons. The van der Waals surface area contributed by atoms with Gasteiger partial charge in [0.15, 0.2) is 0 Å². The van der Waals surface area contributed by atoms with E-state index in [2.05, 4.69) is 0 Å². The molecule has 1 atom stereocenters. The molecule has 0 spiro atoms. The van der Waals surface area contributed by atoms with Crippen LogP contribution in [-0.4, -0.2) is 11.8 Å². The van der Waals surface area contributed by atoms with Crippen LogP contribution in [0.25, 0.3) is 0 Å². The minimum atomic E-state index is 0.00921. The van der Waals surface area contributed by atoms with Crippen molar-refractivity contribution in [2.24, 2.45) is 5.73 Å². The molecule has 2 N–H and O–H groups in total. The summed E-state index contributed by atoms with van der Waals surface area (Å²) >= 11 is 19.8. The molecule has 0 fully saturated rings. The van der Waals surface area contributed by atoms with E-state index in [1.54, 1.807) is 17.8 Å². The SMILES string of the molecule is NC(CSc1ccccc1Cl)Cc1ccc(Cl)cc1Cl. The smallest absolute Gasteiger partial charge is 0.0541 e. The van der Waals surface area contributed by atoms with Gasteiger partial charge in [-0.25, -0.2) is 0 Å². The molecule has 2 rings (SSSR count). The fourth-order valence-electron chi connectivity index (χ4n) is 1.79. The number of hydrogen-bond acceptors (Lipinski definition) is 2. The van der Waals surface area contributed by atoms with Gasteiger partial charge in [-0.15, -0.1) is 11.8 Å². The predicted molar refractivity (Wildman–Crippen MR) is 90.3 cm³/mol. The first-order chi connectivity index (χ1) is 9.56.